The minimum absolute atomic E-state index is 0. The van der Waals surface area contributed by atoms with Crippen molar-refractivity contribution in [2.75, 3.05) is 7.11 Å². The van der Waals surface area contributed by atoms with Gasteiger partial charge >= 0.3 is 0 Å². The molecule has 4 nitrogen and oxygen atoms in total. The lowest BCUT2D eigenvalue weighted by Crippen LogP contribution is -2.43. The van der Waals surface area contributed by atoms with E-state index in [1.54, 1.807) is 0 Å². The Balaban J connectivity index is 0.00000288. The van der Waals surface area contributed by atoms with Crippen molar-refractivity contribution in [1.29, 1.82) is 0 Å². The van der Waals surface area contributed by atoms with Crippen LogP contribution in [0.4, 0.5) is 0 Å². The van der Waals surface area contributed by atoms with Crippen molar-refractivity contribution >= 4 is 41.5 Å². The zero-order chi connectivity index (χ0) is 16.8. The summed E-state index contributed by atoms with van der Waals surface area (Å²) in [4.78, 5) is 12.2. The summed E-state index contributed by atoms with van der Waals surface area (Å²) in [6.07, 6.45) is 0.797. The van der Waals surface area contributed by atoms with Gasteiger partial charge in [0, 0.05) is 11.6 Å². The average Bonchev–Trinajstić information content (AvgIpc) is 2.53. The van der Waals surface area contributed by atoms with Crippen LogP contribution in [0.1, 0.15) is 22.8 Å². The van der Waals surface area contributed by atoms with Crippen molar-refractivity contribution in [3.05, 3.63) is 63.6 Å². The van der Waals surface area contributed by atoms with Crippen molar-refractivity contribution in [2.24, 2.45) is 0 Å². The predicted molar refractivity (Wildman–Crippen MR) is 100 cm³/mol. The smallest absolute Gasteiger partial charge is 0.265 e. The van der Waals surface area contributed by atoms with E-state index in [1.807, 2.05) is 37.3 Å². The molecule has 0 aliphatic carbocycles. The Morgan fingerprint density at radius 3 is 2.29 bits per heavy atom. The predicted octanol–water partition coefficient (Wildman–Crippen LogP) is 4.29. The Morgan fingerprint density at radius 2 is 1.75 bits per heavy atom. The number of ether oxygens (including phenoxy) is 1. The lowest BCUT2D eigenvalue weighted by atomic mass is 10.1. The van der Waals surface area contributed by atoms with E-state index in [0.717, 1.165) is 6.42 Å². The number of benzene rings is 2. The molecule has 2 aromatic rings. The summed E-state index contributed by atoms with van der Waals surface area (Å²) in [5.74, 6) is 0.0478. The molecule has 0 aromatic heterocycles. The fourth-order valence-corrected chi connectivity index (χ4v) is 2.81. The number of amides is 1. The first-order chi connectivity index (χ1) is 11.0. The number of halogens is 3. The number of nitrogens with one attached hydrogen (secondary N) is 2. The Hall–Kier alpha value is -1.46. The SMILES string of the molecule is COc1c(Cl)cc(C(=O)NNC(C)Cc2ccccc2)cc1Cl.Cl. The summed E-state index contributed by atoms with van der Waals surface area (Å²) >= 11 is 12.1. The van der Waals surface area contributed by atoms with E-state index < -0.39 is 0 Å². The summed E-state index contributed by atoms with van der Waals surface area (Å²) < 4.78 is 5.06. The molecule has 2 N–H and O–H groups in total. The van der Waals surface area contributed by atoms with Gasteiger partial charge in [0.05, 0.1) is 17.2 Å². The molecule has 0 bridgehead atoms. The number of hydrogen-bond acceptors (Lipinski definition) is 3. The van der Waals surface area contributed by atoms with Gasteiger partial charge in [-0.3, -0.25) is 10.2 Å². The molecule has 0 radical (unpaired) electrons. The van der Waals surface area contributed by atoms with Gasteiger partial charge in [-0.15, -0.1) is 12.4 Å². The number of carbonyl (C=O) groups is 1. The van der Waals surface area contributed by atoms with Crippen LogP contribution in [0.5, 0.6) is 5.75 Å². The van der Waals surface area contributed by atoms with E-state index >= 15 is 0 Å². The first-order valence-corrected chi connectivity index (χ1v) is 7.89. The third-order valence-corrected chi connectivity index (χ3v) is 3.84. The minimum Gasteiger partial charge on any atom is -0.494 e. The summed E-state index contributed by atoms with van der Waals surface area (Å²) in [5, 5.41) is 0.588. The average molecular weight is 390 g/mol. The number of rotatable bonds is 6. The van der Waals surface area contributed by atoms with Crippen molar-refractivity contribution < 1.29 is 9.53 Å². The van der Waals surface area contributed by atoms with Gasteiger partial charge in [0.1, 0.15) is 0 Å². The molecule has 2 rings (SSSR count). The Kier molecular flexibility index (Phi) is 8.36. The minimum atomic E-state index is -0.309. The fraction of sp³-hybridized carbons (Fsp3) is 0.235. The molecule has 7 heteroatoms. The highest BCUT2D eigenvalue weighted by molar-refractivity contribution is 6.37. The third kappa shape index (κ3) is 5.56. The van der Waals surface area contributed by atoms with Crippen LogP contribution in [-0.2, 0) is 6.42 Å². The Labute approximate surface area is 157 Å². The summed E-state index contributed by atoms with van der Waals surface area (Å²) in [6.45, 7) is 1.99. The van der Waals surface area contributed by atoms with Gasteiger partial charge in [-0.1, -0.05) is 53.5 Å². The maximum Gasteiger partial charge on any atom is 0.265 e. The quantitative estimate of drug-likeness (QED) is 0.725. The van der Waals surface area contributed by atoms with Crippen LogP contribution in [0.2, 0.25) is 10.0 Å². The van der Waals surface area contributed by atoms with Gasteiger partial charge < -0.3 is 4.74 Å². The van der Waals surface area contributed by atoms with E-state index in [2.05, 4.69) is 10.9 Å². The van der Waals surface area contributed by atoms with Crippen LogP contribution in [0.15, 0.2) is 42.5 Å². The van der Waals surface area contributed by atoms with Crippen LogP contribution in [0.3, 0.4) is 0 Å². The molecule has 24 heavy (non-hydrogen) atoms. The van der Waals surface area contributed by atoms with Gasteiger partial charge in [0.15, 0.2) is 5.75 Å². The highest BCUT2D eigenvalue weighted by atomic mass is 35.5. The van der Waals surface area contributed by atoms with E-state index in [0.29, 0.717) is 21.4 Å². The Morgan fingerprint density at radius 1 is 1.17 bits per heavy atom. The zero-order valence-electron chi connectivity index (χ0n) is 13.3. The number of methoxy groups -OCH3 is 1. The van der Waals surface area contributed by atoms with Gasteiger partial charge in [-0.25, -0.2) is 5.43 Å². The second kappa shape index (κ2) is 9.74. The highest BCUT2D eigenvalue weighted by Gasteiger charge is 2.14. The van der Waals surface area contributed by atoms with Crippen molar-refractivity contribution in [3.8, 4) is 5.75 Å². The van der Waals surface area contributed by atoms with E-state index in [-0.39, 0.29) is 24.4 Å². The van der Waals surface area contributed by atoms with E-state index in [9.17, 15) is 4.79 Å². The van der Waals surface area contributed by atoms with Crippen LogP contribution >= 0.6 is 35.6 Å². The lowest BCUT2D eigenvalue weighted by Gasteiger charge is -2.15. The molecule has 0 saturated carbocycles. The largest absolute Gasteiger partial charge is 0.494 e. The van der Waals surface area contributed by atoms with Crippen molar-refractivity contribution in [1.82, 2.24) is 10.9 Å². The van der Waals surface area contributed by atoms with Gasteiger partial charge in [-0.05, 0) is 31.0 Å². The molecule has 1 atom stereocenters. The Bertz CT molecular complexity index is 658. The van der Waals surface area contributed by atoms with E-state index in [1.165, 1.54) is 24.8 Å². The van der Waals surface area contributed by atoms with Gasteiger partial charge in [0.25, 0.3) is 5.91 Å². The van der Waals surface area contributed by atoms with Crippen LogP contribution in [0.25, 0.3) is 0 Å². The molecule has 0 aliphatic rings. The maximum atomic E-state index is 12.2. The molecular formula is C17H19Cl3N2O2. The maximum absolute atomic E-state index is 12.2. The second-order valence-corrected chi connectivity index (χ2v) is 5.98. The highest BCUT2D eigenvalue weighted by Crippen LogP contribution is 2.33. The van der Waals surface area contributed by atoms with Gasteiger partial charge in [0.2, 0.25) is 0 Å². The first-order valence-electron chi connectivity index (χ1n) is 7.14. The normalized spacial score (nSPS) is 11.3. The molecule has 0 aliphatic heterocycles. The standard InChI is InChI=1S/C17H18Cl2N2O2.ClH/c1-11(8-12-6-4-3-5-7-12)20-21-17(22)13-9-14(18)16(23-2)15(19)10-13;/h3-7,9-11,20H,8H2,1-2H3,(H,21,22);1H. The molecule has 130 valence electrons. The molecule has 0 spiro atoms. The van der Waals surface area contributed by atoms with E-state index in [4.69, 9.17) is 27.9 Å². The summed E-state index contributed by atoms with van der Waals surface area (Å²) in [7, 11) is 1.47. The second-order valence-electron chi connectivity index (χ2n) is 5.16. The molecule has 2 aromatic carbocycles. The topological polar surface area (TPSA) is 50.4 Å². The number of carbonyl (C=O) groups excluding carboxylic acids is 1. The monoisotopic (exact) mass is 388 g/mol. The third-order valence-electron chi connectivity index (χ3n) is 3.28. The molecule has 1 unspecified atom stereocenters. The van der Waals surface area contributed by atoms with Crippen LogP contribution in [-0.4, -0.2) is 19.1 Å². The summed E-state index contributed by atoms with van der Waals surface area (Å²) in [5.41, 5.74) is 7.20. The van der Waals surface area contributed by atoms with Crippen LogP contribution < -0.4 is 15.6 Å². The molecule has 0 saturated heterocycles. The first kappa shape index (κ1) is 20.6. The molecule has 1 amide bonds. The lowest BCUT2D eigenvalue weighted by molar-refractivity contribution is 0.0926. The van der Waals surface area contributed by atoms with Crippen LogP contribution in [0, 0.1) is 0 Å². The summed E-state index contributed by atoms with van der Waals surface area (Å²) in [6, 6.07) is 13.2. The van der Waals surface area contributed by atoms with Gasteiger partial charge in [-0.2, -0.15) is 0 Å². The zero-order valence-corrected chi connectivity index (χ0v) is 15.6. The van der Waals surface area contributed by atoms with Crippen molar-refractivity contribution in [2.45, 2.75) is 19.4 Å². The number of hydrogen-bond donors (Lipinski definition) is 2. The molecule has 0 heterocycles. The number of hydrazine groups is 1. The fourth-order valence-electron chi connectivity index (χ4n) is 2.17. The molecule has 0 fully saturated rings. The van der Waals surface area contributed by atoms with Crippen molar-refractivity contribution in [3.63, 3.8) is 0 Å². The molecular weight excluding hydrogens is 371 g/mol.